The Bertz CT molecular complexity index is 808. The number of nitrogen functional groups attached to an aromatic ring is 1. The van der Waals surface area contributed by atoms with Gasteiger partial charge in [0.25, 0.3) is 10.0 Å². The summed E-state index contributed by atoms with van der Waals surface area (Å²) in [6.45, 7) is 0. The normalized spacial score (nSPS) is 11.1. The monoisotopic (exact) mass is 311 g/mol. The highest BCUT2D eigenvalue weighted by Crippen LogP contribution is 2.23. The van der Waals surface area contributed by atoms with Crippen molar-refractivity contribution in [1.82, 2.24) is 4.98 Å². The Kier molecular flexibility index (Phi) is 3.76. The molecule has 2 aromatic rings. The number of benzene rings is 1. The molecule has 0 aliphatic carbocycles. The molecule has 21 heavy (non-hydrogen) atoms. The Balaban J connectivity index is 2.50. The first-order chi connectivity index (χ1) is 9.81. The smallest absolute Gasteiger partial charge is 0.337 e. The molecule has 0 radical (unpaired) electrons. The molecule has 0 atom stereocenters. The molecule has 0 saturated heterocycles. The second kappa shape index (κ2) is 5.37. The standard InChI is InChI=1S/C12H10FN3O4S/c13-9-6-15-4-3-10(9)16-21(19,20)11-2-1-7(14)5-8(11)12(17)18/h1-6H,14H2,(H,15,16)(H,17,18). The second-order valence-corrected chi connectivity index (χ2v) is 5.67. The van der Waals surface area contributed by atoms with Crippen LogP contribution in [-0.2, 0) is 10.0 Å². The summed E-state index contributed by atoms with van der Waals surface area (Å²) < 4.78 is 39.8. The van der Waals surface area contributed by atoms with E-state index in [0.717, 1.165) is 24.4 Å². The number of carbonyl (C=O) groups is 1. The summed E-state index contributed by atoms with van der Waals surface area (Å²) in [4.78, 5) is 14.1. The van der Waals surface area contributed by atoms with E-state index in [1.807, 2.05) is 4.72 Å². The van der Waals surface area contributed by atoms with Crippen LogP contribution in [0.5, 0.6) is 0 Å². The van der Waals surface area contributed by atoms with E-state index in [-0.39, 0.29) is 11.4 Å². The third-order valence-corrected chi connectivity index (χ3v) is 3.96. The van der Waals surface area contributed by atoms with Crippen LogP contribution in [0.4, 0.5) is 15.8 Å². The van der Waals surface area contributed by atoms with Crippen molar-refractivity contribution >= 4 is 27.4 Å². The number of rotatable bonds is 4. The zero-order valence-electron chi connectivity index (χ0n) is 10.4. The van der Waals surface area contributed by atoms with Crippen molar-refractivity contribution in [3.8, 4) is 0 Å². The summed E-state index contributed by atoms with van der Waals surface area (Å²) in [6, 6.07) is 4.41. The zero-order valence-corrected chi connectivity index (χ0v) is 11.3. The number of halogens is 1. The van der Waals surface area contributed by atoms with Crippen LogP contribution >= 0.6 is 0 Å². The molecular formula is C12H10FN3O4S. The number of nitrogens with zero attached hydrogens (tertiary/aromatic N) is 1. The highest BCUT2D eigenvalue weighted by atomic mass is 32.2. The molecule has 110 valence electrons. The molecule has 0 aliphatic heterocycles. The minimum Gasteiger partial charge on any atom is -0.478 e. The summed E-state index contributed by atoms with van der Waals surface area (Å²) in [6.07, 6.45) is 2.03. The lowest BCUT2D eigenvalue weighted by Gasteiger charge is -2.11. The molecule has 4 N–H and O–H groups in total. The van der Waals surface area contributed by atoms with Crippen LogP contribution < -0.4 is 10.5 Å². The van der Waals surface area contributed by atoms with E-state index >= 15 is 0 Å². The van der Waals surface area contributed by atoms with Gasteiger partial charge in [0, 0.05) is 11.9 Å². The van der Waals surface area contributed by atoms with Crippen LogP contribution in [0.15, 0.2) is 41.6 Å². The van der Waals surface area contributed by atoms with Crippen LogP contribution in [0.1, 0.15) is 10.4 Å². The molecule has 7 nitrogen and oxygen atoms in total. The maximum atomic E-state index is 13.4. The predicted octanol–water partition coefficient (Wildman–Crippen LogP) is 1.30. The molecule has 1 aromatic carbocycles. The van der Waals surface area contributed by atoms with Gasteiger partial charge < -0.3 is 10.8 Å². The van der Waals surface area contributed by atoms with E-state index in [2.05, 4.69) is 4.98 Å². The molecule has 0 unspecified atom stereocenters. The second-order valence-electron chi connectivity index (χ2n) is 4.02. The number of pyridine rings is 1. The van der Waals surface area contributed by atoms with Crippen LogP contribution in [-0.4, -0.2) is 24.5 Å². The summed E-state index contributed by atoms with van der Waals surface area (Å²) in [7, 11) is -4.28. The quantitative estimate of drug-likeness (QED) is 0.731. The average molecular weight is 311 g/mol. The molecular weight excluding hydrogens is 301 g/mol. The van der Waals surface area contributed by atoms with Crippen molar-refractivity contribution < 1.29 is 22.7 Å². The molecule has 0 fully saturated rings. The van der Waals surface area contributed by atoms with Crippen LogP contribution in [0.25, 0.3) is 0 Å². The molecule has 2 rings (SSSR count). The van der Waals surface area contributed by atoms with Crippen molar-refractivity contribution in [2.45, 2.75) is 4.90 Å². The summed E-state index contributed by atoms with van der Waals surface area (Å²) in [5.41, 5.74) is 4.70. The number of carboxylic acid groups (broad SMARTS) is 1. The van der Waals surface area contributed by atoms with Gasteiger partial charge in [-0.3, -0.25) is 9.71 Å². The number of aromatic nitrogens is 1. The van der Waals surface area contributed by atoms with E-state index < -0.39 is 32.3 Å². The Morgan fingerprint density at radius 3 is 2.67 bits per heavy atom. The molecule has 9 heteroatoms. The lowest BCUT2D eigenvalue weighted by atomic mass is 10.2. The third kappa shape index (κ3) is 3.08. The van der Waals surface area contributed by atoms with Crippen molar-refractivity contribution in [2.24, 2.45) is 0 Å². The topological polar surface area (TPSA) is 122 Å². The number of nitrogens with two attached hydrogens (primary N) is 1. The zero-order chi connectivity index (χ0) is 15.6. The molecule has 0 aliphatic rings. The highest BCUT2D eigenvalue weighted by Gasteiger charge is 2.23. The van der Waals surface area contributed by atoms with Gasteiger partial charge in [0.2, 0.25) is 0 Å². The molecule has 0 saturated carbocycles. The number of anilines is 2. The maximum absolute atomic E-state index is 13.4. The van der Waals surface area contributed by atoms with Crippen molar-refractivity contribution in [1.29, 1.82) is 0 Å². The average Bonchev–Trinajstić information content (AvgIpc) is 2.40. The van der Waals surface area contributed by atoms with E-state index in [1.165, 1.54) is 12.3 Å². The Morgan fingerprint density at radius 1 is 1.33 bits per heavy atom. The van der Waals surface area contributed by atoms with Crippen LogP contribution in [0.2, 0.25) is 0 Å². The van der Waals surface area contributed by atoms with Gasteiger partial charge >= 0.3 is 5.97 Å². The van der Waals surface area contributed by atoms with Gasteiger partial charge in [-0.05, 0) is 24.3 Å². The van der Waals surface area contributed by atoms with Crippen LogP contribution in [0.3, 0.4) is 0 Å². The van der Waals surface area contributed by atoms with Crippen molar-refractivity contribution in [3.63, 3.8) is 0 Å². The van der Waals surface area contributed by atoms with E-state index in [4.69, 9.17) is 10.8 Å². The minimum atomic E-state index is -4.28. The molecule has 1 heterocycles. The van der Waals surface area contributed by atoms with Gasteiger partial charge in [-0.1, -0.05) is 0 Å². The first-order valence-electron chi connectivity index (χ1n) is 5.56. The largest absolute Gasteiger partial charge is 0.478 e. The van der Waals surface area contributed by atoms with E-state index in [9.17, 15) is 17.6 Å². The van der Waals surface area contributed by atoms with E-state index in [1.54, 1.807) is 0 Å². The summed E-state index contributed by atoms with van der Waals surface area (Å²) >= 11 is 0. The van der Waals surface area contributed by atoms with Gasteiger partial charge in [-0.15, -0.1) is 0 Å². The van der Waals surface area contributed by atoms with E-state index in [0.29, 0.717) is 0 Å². The fourth-order valence-corrected chi connectivity index (χ4v) is 2.85. The maximum Gasteiger partial charge on any atom is 0.337 e. The SMILES string of the molecule is Nc1ccc(S(=O)(=O)Nc2ccncc2F)c(C(=O)O)c1. The number of aromatic carboxylic acids is 1. The van der Waals surface area contributed by atoms with Gasteiger partial charge in [0.05, 0.1) is 17.4 Å². The van der Waals surface area contributed by atoms with Crippen molar-refractivity contribution in [3.05, 3.63) is 48.0 Å². The van der Waals surface area contributed by atoms with Gasteiger partial charge in [0.1, 0.15) is 4.90 Å². The lowest BCUT2D eigenvalue weighted by molar-refractivity contribution is 0.0692. The number of sulfonamides is 1. The summed E-state index contributed by atoms with van der Waals surface area (Å²) in [5.74, 6) is -2.34. The first-order valence-corrected chi connectivity index (χ1v) is 7.05. The Hall–Kier alpha value is -2.68. The predicted molar refractivity (Wildman–Crippen MR) is 72.8 cm³/mol. The fourth-order valence-electron chi connectivity index (χ4n) is 1.61. The number of nitrogens with one attached hydrogen (secondary N) is 1. The third-order valence-electron chi connectivity index (χ3n) is 2.54. The molecule has 0 bridgehead atoms. The Morgan fingerprint density at radius 2 is 2.05 bits per heavy atom. The highest BCUT2D eigenvalue weighted by molar-refractivity contribution is 7.92. The summed E-state index contributed by atoms with van der Waals surface area (Å²) in [5, 5.41) is 9.04. The van der Waals surface area contributed by atoms with Gasteiger partial charge in [0.15, 0.2) is 5.82 Å². The van der Waals surface area contributed by atoms with Crippen LogP contribution in [0, 0.1) is 5.82 Å². The van der Waals surface area contributed by atoms with Crippen molar-refractivity contribution in [2.75, 3.05) is 10.5 Å². The number of hydrogen-bond donors (Lipinski definition) is 3. The van der Waals surface area contributed by atoms with Gasteiger partial charge in [-0.25, -0.2) is 17.6 Å². The number of hydrogen-bond acceptors (Lipinski definition) is 5. The lowest BCUT2D eigenvalue weighted by Crippen LogP contribution is -2.18. The van der Waals surface area contributed by atoms with Gasteiger partial charge in [-0.2, -0.15) is 0 Å². The molecule has 0 spiro atoms. The fraction of sp³-hybridized carbons (Fsp3) is 0. The first kappa shape index (κ1) is 14.7. The molecule has 1 aromatic heterocycles. The number of carboxylic acids is 1. The Labute approximate surface area is 119 Å². The minimum absolute atomic E-state index is 0.0986. The molecule has 0 amide bonds.